The Morgan fingerprint density at radius 1 is 0.862 bits per heavy atom. The Morgan fingerprint density at radius 3 is 2.14 bits per heavy atom. The zero-order valence-electron chi connectivity index (χ0n) is 16.3. The highest BCUT2D eigenvalue weighted by molar-refractivity contribution is 6.05. The Balaban J connectivity index is 1.56. The zero-order chi connectivity index (χ0) is 20.6. The number of ether oxygens (including phenoxy) is 1. The van der Waals surface area contributed by atoms with Gasteiger partial charge in [0.05, 0.1) is 7.11 Å². The van der Waals surface area contributed by atoms with Crippen LogP contribution in [0, 0.1) is 6.92 Å². The third-order valence-corrected chi connectivity index (χ3v) is 4.23. The van der Waals surface area contributed by atoms with Gasteiger partial charge in [-0.3, -0.25) is 9.59 Å². The number of methoxy groups -OCH3 is 1. The standard InChI is InChI=1S/C24H22N2O3/c1-17-4-3-5-19(16-17)24(28)26-21-11-9-20(10-12-21)25-23(27)15-8-18-6-13-22(29-2)14-7-18/h3-16H,1-2H3,(H,25,27)(H,26,28)/b15-8+. The van der Waals surface area contributed by atoms with Crippen molar-refractivity contribution in [2.45, 2.75) is 6.92 Å². The fourth-order valence-corrected chi connectivity index (χ4v) is 2.70. The summed E-state index contributed by atoms with van der Waals surface area (Å²) in [5, 5.41) is 5.64. The van der Waals surface area contributed by atoms with E-state index in [0.717, 1.165) is 16.9 Å². The maximum Gasteiger partial charge on any atom is 0.255 e. The number of hydrogen-bond donors (Lipinski definition) is 2. The molecule has 2 N–H and O–H groups in total. The molecule has 0 aromatic heterocycles. The lowest BCUT2D eigenvalue weighted by Gasteiger charge is -2.07. The van der Waals surface area contributed by atoms with Gasteiger partial charge >= 0.3 is 0 Å². The molecule has 0 radical (unpaired) electrons. The third kappa shape index (κ3) is 5.81. The number of carbonyl (C=O) groups excluding carboxylic acids is 2. The van der Waals surface area contributed by atoms with Crippen molar-refractivity contribution in [1.29, 1.82) is 0 Å². The predicted molar refractivity (Wildman–Crippen MR) is 116 cm³/mol. The molecule has 5 heteroatoms. The molecule has 146 valence electrons. The molecule has 0 saturated heterocycles. The number of nitrogens with one attached hydrogen (secondary N) is 2. The molecule has 0 atom stereocenters. The Labute approximate surface area is 170 Å². The number of anilines is 2. The minimum absolute atomic E-state index is 0.173. The van der Waals surface area contributed by atoms with Crippen LogP contribution in [-0.2, 0) is 4.79 Å². The average molecular weight is 386 g/mol. The number of amides is 2. The minimum Gasteiger partial charge on any atom is -0.497 e. The smallest absolute Gasteiger partial charge is 0.255 e. The van der Waals surface area contributed by atoms with E-state index < -0.39 is 0 Å². The fourth-order valence-electron chi connectivity index (χ4n) is 2.70. The second-order valence-corrected chi connectivity index (χ2v) is 6.50. The van der Waals surface area contributed by atoms with E-state index in [1.54, 1.807) is 43.5 Å². The zero-order valence-corrected chi connectivity index (χ0v) is 16.3. The van der Waals surface area contributed by atoms with Crippen molar-refractivity contribution in [3.8, 4) is 5.75 Å². The van der Waals surface area contributed by atoms with Gasteiger partial charge in [-0.25, -0.2) is 0 Å². The summed E-state index contributed by atoms with van der Waals surface area (Å²) >= 11 is 0. The summed E-state index contributed by atoms with van der Waals surface area (Å²) in [5.74, 6) is 0.353. The van der Waals surface area contributed by atoms with Gasteiger partial charge in [0.15, 0.2) is 0 Å². The van der Waals surface area contributed by atoms with Gasteiger partial charge in [-0.15, -0.1) is 0 Å². The number of carbonyl (C=O) groups is 2. The molecule has 0 unspecified atom stereocenters. The van der Waals surface area contributed by atoms with Crippen molar-refractivity contribution in [1.82, 2.24) is 0 Å². The van der Waals surface area contributed by atoms with Crippen molar-refractivity contribution in [2.75, 3.05) is 17.7 Å². The van der Waals surface area contributed by atoms with Crippen LogP contribution in [0.3, 0.4) is 0 Å². The number of aryl methyl sites for hydroxylation is 1. The van der Waals surface area contributed by atoms with E-state index in [2.05, 4.69) is 10.6 Å². The monoisotopic (exact) mass is 386 g/mol. The van der Waals surface area contributed by atoms with Gasteiger partial charge in [0.1, 0.15) is 5.75 Å². The molecule has 0 spiro atoms. The van der Waals surface area contributed by atoms with Crippen LogP contribution in [0.15, 0.2) is 78.9 Å². The minimum atomic E-state index is -0.239. The highest BCUT2D eigenvalue weighted by Gasteiger charge is 2.06. The van der Waals surface area contributed by atoms with Crippen LogP contribution in [0.25, 0.3) is 6.08 Å². The summed E-state index contributed by atoms with van der Waals surface area (Å²) in [6, 6.07) is 21.8. The molecular formula is C24H22N2O3. The second kappa shape index (κ2) is 9.37. The lowest BCUT2D eigenvalue weighted by atomic mass is 10.1. The van der Waals surface area contributed by atoms with E-state index in [1.165, 1.54) is 6.08 Å². The maximum atomic E-state index is 12.3. The summed E-state index contributed by atoms with van der Waals surface area (Å²) < 4.78 is 5.11. The predicted octanol–water partition coefficient (Wildman–Crippen LogP) is 4.91. The lowest BCUT2D eigenvalue weighted by Crippen LogP contribution is -2.12. The molecular weight excluding hydrogens is 364 g/mol. The van der Waals surface area contributed by atoms with Crippen molar-refractivity contribution in [3.63, 3.8) is 0 Å². The third-order valence-electron chi connectivity index (χ3n) is 4.23. The van der Waals surface area contributed by atoms with Gasteiger partial charge in [0.25, 0.3) is 5.91 Å². The first-order valence-electron chi connectivity index (χ1n) is 9.15. The van der Waals surface area contributed by atoms with E-state index >= 15 is 0 Å². The molecule has 0 heterocycles. The van der Waals surface area contributed by atoms with Crippen LogP contribution in [-0.4, -0.2) is 18.9 Å². The molecule has 0 saturated carbocycles. The second-order valence-electron chi connectivity index (χ2n) is 6.50. The van der Waals surface area contributed by atoms with E-state index in [9.17, 15) is 9.59 Å². The van der Waals surface area contributed by atoms with Crippen molar-refractivity contribution >= 4 is 29.3 Å². The Kier molecular flexibility index (Phi) is 6.43. The molecule has 29 heavy (non-hydrogen) atoms. The van der Waals surface area contributed by atoms with E-state index in [-0.39, 0.29) is 11.8 Å². The molecule has 0 fully saturated rings. The topological polar surface area (TPSA) is 67.4 Å². The SMILES string of the molecule is COc1ccc(/C=C/C(=O)Nc2ccc(NC(=O)c3cccc(C)c3)cc2)cc1. The largest absolute Gasteiger partial charge is 0.497 e. The number of benzene rings is 3. The van der Waals surface area contributed by atoms with E-state index in [4.69, 9.17) is 4.74 Å². The Bertz CT molecular complexity index is 1020. The summed E-state index contributed by atoms with van der Waals surface area (Å²) in [6.45, 7) is 1.94. The van der Waals surface area contributed by atoms with Crippen molar-refractivity contribution in [2.24, 2.45) is 0 Å². The molecule has 0 bridgehead atoms. The number of hydrogen-bond acceptors (Lipinski definition) is 3. The summed E-state index contributed by atoms with van der Waals surface area (Å²) in [6.07, 6.45) is 3.19. The first-order chi connectivity index (χ1) is 14.0. The highest BCUT2D eigenvalue weighted by atomic mass is 16.5. The van der Waals surface area contributed by atoms with Crippen LogP contribution >= 0.6 is 0 Å². The van der Waals surface area contributed by atoms with Crippen LogP contribution in [0.5, 0.6) is 5.75 Å². The molecule has 0 aliphatic carbocycles. The average Bonchev–Trinajstić information content (AvgIpc) is 2.74. The number of rotatable bonds is 6. The molecule has 5 nitrogen and oxygen atoms in total. The molecule has 0 aliphatic rings. The normalized spacial score (nSPS) is 10.6. The first kappa shape index (κ1) is 19.9. The van der Waals surface area contributed by atoms with Crippen LogP contribution in [0.1, 0.15) is 21.5 Å². The van der Waals surface area contributed by atoms with Crippen molar-refractivity contribution < 1.29 is 14.3 Å². The van der Waals surface area contributed by atoms with Gasteiger partial charge in [-0.1, -0.05) is 29.8 Å². The molecule has 3 rings (SSSR count). The van der Waals surface area contributed by atoms with Gasteiger partial charge in [0.2, 0.25) is 5.91 Å². The van der Waals surface area contributed by atoms with Gasteiger partial charge < -0.3 is 15.4 Å². The van der Waals surface area contributed by atoms with Gasteiger partial charge in [-0.2, -0.15) is 0 Å². The van der Waals surface area contributed by atoms with Crippen molar-refractivity contribution in [3.05, 3.63) is 95.6 Å². The quantitative estimate of drug-likeness (QED) is 0.592. The lowest BCUT2D eigenvalue weighted by molar-refractivity contribution is -0.111. The van der Waals surface area contributed by atoms with E-state index in [0.29, 0.717) is 16.9 Å². The fraction of sp³-hybridized carbons (Fsp3) is 0.0833. The van der Waals surface area contributed by atoms with E-state index in [1.807, 2.05) is 49.4 Å². The maximum absolute atomic E-state index is 12.3. The highest BCUT2D eigenvalue weighted by Crippen LogP contribution is 2.16. The molecule has 2 amide bonds. The van der Waals surface area contributed by atoms with Crippen LogP contribution in [0.2, 0.25) is 0 Å². The molecule has 3 aromatic rings. The summed E-state index contributed by atoms with van der Waals surface area (Å²) in [4.78, 5) is 24.4. The summed E-state index contributed by atoms with van der Waals surface area (Å²) in [7, 11) is 1.61. The summed E-state index contributed by atoms with van der Waals surface area (Å²) in [5.41, 5.74) is 3.82. The van der Waals surface area contributed by atoms with Gasteiger partial charge in [-0.05, 0) is 67.1 Å². The van der Waals surface area contributed by atoms with Gasteiger partial charge in [0, 0.05) is 23.0 Å². The van der Waals surface area contributed by atoms with Crippen LogP contribution < -0.4 is 15.4 Å². The Morgan fingerprint density at radius 2 is 1.52 bits per heavy atom. The first-order valence-corrected chi connectivity index (χ1v) is 9.15. The molecule has 3 aromatic carbocycles. The van der Waals surface area contributed by atoms with Crippen LogP contribution in [0.4, 0.5) is 11.4 Å². The Hall–Kier alpha value is -3.86. The molecule has 0 aliphatic heterocycles.